The number of nitrogens with zero attached hydrogens (tertiary/aromatic N) is 1. The molecule has 0 spiro atoms. The first-order valence-electron chi connectivity index (χ1n) is 6.41. The van der Waals surface area contributed by atoms with Gasteiger partial charge in [0.1, 0.15) is 0 Å². The van der Waals surface area contributed by atoms with E-state index in [0.717, 1.165) is 49.4 Å². The van der Waals surface area contributed by atoms with Crippen LogP contribution in [0.15, 0.2) is 24.5 Å². The lowest BCUT2D eigenvalue weighted by Gasteiger charge is -2.23. The van der Waals surface area contributed by atoms with Crippen LogP contribution in [0.2, 0.25) is 0 Å². The van der Waals surface area contributed by atoms with Crippen molar-refractivity contribution < 1.29 is 4.74 Å². The van der Waals surface area contributed by atoms with Gasteiger partial charge < -0.3 is 20.4 Å². The quantitative estimate of drug-likeness (QED) is 0.762. The largest absolute Gasteiger partial charge is 0.385 e. The number of rotatable bonds is 4. The molecule has 2 heterocycles. The maximum Gasteiger partial charge on any atom is 0.0931 e. The van der Waals surface area contributed by atoms with Gasteiger partial charge in [-0.1, -0.05) is 0 Å². The van der Waals surface area contributed by atoms with Crippen LogP contribution in [0.4, 0.5) is 5.69 Å². The van der Waals surface area contributed by atoms with Gasteiger partial charge in [0.15, 0.2) is 0 Å². The summed E-state index contributed by atoms with van der Waals surface area (Å²) in [6.07, 6.45) is 3.08. The summed E-state index contributed by atoms with van der Waals surface area (Å²) in [6, 6.07) is 6.16. The monoisotopic (exact) mass is 246 g/mol. The molecular weight excluding hydrogens is 228 g/mol. The molecule has 0 radical (unpaired) electrons. The number of aromatic nitrogens is 2. The minimum atomic E-state index is 0.335. The highest BCUT2D eigenvalue weighted by Crippen LogP contribution is 2.15. The summed E-state index contributed by atoms with van der Waals surface area (Å²) in [5.41, 5.74) is 3.19. The molecule has 3 N–H and O–H groups in total. The smallest absolute Gasteiger partial charge is 0.0931 e. The topological polar surface area (TPSA) is 62.0 Å². The second kappa shape index (κ2) is 5.37. The summed E-state index contributed by atoms with van der Waals surface area (Å²) in [5, 5.41) is 6.76. The van der Waals surface area contributed by atoms with Crippen molar-refractivity contribution in [3.63, 3.8) is 0 Å². The summed E-state index contributed by atoms with van der Waals surface area (Å²) in [7, 11) is 0. The maximum atomic E-state index is 5.66. The van der Waals surface area contributed by atoms with Crippen molar-refractivity contribution in [3.8, 4) is 0 Å². The average molecular weight is 246 g/mol. The molecule has 1 aliphatic rings. The maximum absolute atomic E-state index is 5.66. The van der Waals surface area contributed by atoms with Crippen molar-refractivity contribution >= 4 is 16.7 Å². The third-order valence-electron chi connectivity index (χ3n) is 3.22. The number of hydrogen-bond acceptors (Lipinski definition) is 4. The first-order chi connectivity index (χ1) is 8.92. The Morgan fingerprint density at radius 1 is 1.44 bits per heavy atom. The van der Waals surface area contributed by atoms with Crippen molar-refractivity contribution in [1.29, 1.82) is 0 Å². The van der Waals surface area contributed by atoms with Gasteiger partial charge in [-0.3, -0.25) is 0 Å². The molecule has 1 atom stereocenters. The van der Waals surface area contributed by atoms with Crippen LogP contribution in [-0.4, -0.2) is 42.3 Å². The Morgan fingerprint density at radius 3 is 3.33 bits per heavy atom. The lowest BCUT2D eigenvalue weighted by Crippen LogP contribution is -2.39. The Kier molecular flexibility index (Phi) is 3.43. The molecule has 1 fully saturated rings. The molecule has 1 unspecified atom stereocenters. The average Bonchev–Trinajstić information content (AvgIpc) is 2.87. The second-order valence-corrected chi connectivity index (χ2v) is 4.55. The predicted molar refractivity (Wildman–Crippen MR) is 71.8 cm³/mol. The van der Waals surface area contributed by atoms with E-state index in [1.54, 1.807) is 6.33 Å². The van der Waals surface area contributed by atoms with E-state index >= 15 is 0 Å². The number of benzene rings is 1. The van der Waals surface area contributed by atoms with Gasteiger partial charge >= 0.3 is 0 Å². The van der Waals surface area contributed by atoms with Crippen LogP contribution in [0, 0.1) is 0 Å². The molecule has 1 aromatic carbocycles. The van der Waals surface area contributed by atoms with Crippen LogP contribution < -0.4 is 10.6 Å². The van der Waals surface area contributed by atoms with Gasteiger partial charge in [-0.2, -0.15) is 0 Å². The number of H-pyrrole nitrogens is 1. The molecule has 0 bridgehead atoms. The number of morpholine rings is 1. The van der Waals surface area contributed by atoms with Crippen LogP contribution in [0.3, 0.4) is 0 Å². The van der Waals surface area contributed by atoms with Gasteiger partial charge in [0.2, 0.25) is 0 Å². The number of anilines is 1. The van der Waals surface area contributed by atoms with E-state index in [4.69, 9.17) is 4.74 Å². The number of nitrogens with one attached hydrogen (secondary N) is 3. The van der Waals surface area contributed by atoms with Crippen LogP contribution in [0.1, 0.15) is 6.42 Å². The third kappa shape index (κ3) is 2.63. The van der Waals surface area contributed by atoms with E-state index in [2.05, 4.69) is 32.7 Å². The summed E-state index contributed by atoms with van der Waals surface area (Å²) in [6.45, 7) is 3.68. The van der Waals surface area contributed by atoms with E-state index < -0.39 is 0 Å². The molecule has 0 saturated carbocycles. The predicted octanol–water partition coefficient (Wildman–Crippen LogP) is 1.35. The van der Waals surface area contributed by atoms with E-state index in [1.807, 2.05) is 6.07 Å². The normalized spacial score (nSPS) is 20.1. The van der Waals surface area contributed by atoms with Crippen molar-refractivity contribution in [2.75, 3.05) is 31.6 Å². The summed E-state index contributed by atoms with van der Waals surface area (Å²) < 4.78 is 5.66. The fourth-order valence-corrected chi connectivity index (χ4v) is 2.23. The first kappa shape index (κ1) is 11.5. The van der Waals surface area contributed by atoms with Crippen molar-refractivity contribution in [2.45, 2.75) is 12.5 Å². The second-order valence-electron chi connectivity index (χ2n) is 4.55. The Labute approximate surface area is 106 Å². The lowest BCUT2D eigenvalue weighted by atomic mass is 10.2. The Balaban J connectivity index is 1.52. The van der Waals surface area contributed by atoms with Gasteiger partial charge in [-0.05, 0) is 24.6 Å². The highest BCUT2D eigenvalue weighted by Gasteiger charge is 2.12. The molecule has 3 rings (SSSR count). The van der Waals surface area contributed by atoms with Crippen LogP contribution >= 0.6 is 0 Å². The van der Waals surface area contributed by atoms with Gasteiger partial charge in [-0.15, -0.1) is 0 Å². The molecule has 0 amide bonds. The number of imidazole rings is 1. The summed E-state index contributed by atoms with van der Waals surface area (Å²) in [4.78, 5) is 7.32. The molecule has 1 aliphatic heterocycles. The minimum Gasteiger partial charge on any atom is -0.385 e. The number of aromatic amines is 1. The van der Waals surface area contributed by atoms with Crippen LogP contribution in [0.25, 0.3) is 11.0 Å². The Hall–Kier alpha value is -1.59. The SMILES string of the molecule is c1nc2ccc(NCCC3CNCCO3)cc2[nH]1. The highest BCUT2D eigenvalue weighted by atomic mass is 16.5. The van der Waals surface area contributed by atoms with Gasteiger partial charge in [0, 0.05) is 25.3 Å². The van der Waals surface area contributed by atoms with Crippen LogP contribution in [0.5, 0.6) is 0 Å². The first-order valence-corrected chi connectivity index (χ1v) is 6.41. The van der Waals surface area contributed by atoms with E-state index in [0.29, 0.717) is 6.10 Å². The third-order valence-corrected chi connectivity index (χ3v) is 3.22. The zero-order chi connectivity index (χ0) is 12.2. The van der Waals surface area contributed by atoms with Gasteiger partial charge in [0.05, 0.1) is 30.1 Å². The molecule has 5 nitrogen and oxygen atoms in total. The van der Waals surface area contributed by atoms with Crippen molar-refractivity contribution in [3.05, 3.63) is 24.5 Å². The highest BCUT2D eigenvalue weighted by molar-refractivity contribution is 5.78. The minimum absolute atomic E-state index is 0.335. The van der Waals surface area contributed by atoms with E-state index in [-0.39, 0.29) is 0 Å². The summed E-state index contributed by atoms with van der Waals surface area (Å²) in [5.74, 6) is 0. The zero-order valence-corrected chi connectivity index (χ0v) is 10.3. The molecule has 5 heteroatoms. The van der Waals surface area contributed by atoms with Gasteiger partial charge in [-0.25, -0.2) is 4.98 Å². The Bertz CT molecular complexity index is 504. The fourth-order valence-electron chi connectivity index (χ4n) is 2.23. The molecule has 18 heavy (non-hydrogen) atoms. The van der Waals surface area contributed by atoms with E-state index in [9.17, 15) is 0 Å². The Morgan fingerprint density at radius 2 is 2.44 bits per heavy atom. The summed E-state index contributed by atoms with van der Waals surface area (Å²) >= 11 is 0. The molecule has 0 aliphatic carbocycles. The van der Waals surface area contributed by atoms with Gasteiger partial charge in [0.25, 0.3) is 0 Å². The van der Waals surface area contributed by atoms with Crippen molar-refractivity contribution in [2.24, 2.45) is 0 Å². The zero-order valence-electron chi connectivity index (χ0n) is 10.3. The molecular formula is C13H18N4O. The standard InChI is InChI=1S/C13H18N4O/c1-2-12-13(17-9-16-12)7-10(1)15-4-3-11-8-14-5-6-18-11/h1-2,7,9,11,14-15H,3-6,8H2,(H,16,17). The van der Waals surface area contributed by atoms with Crippen LogP contribution in [-0.2, 0) is 4.74 Å². The molecule has 1 saturated heterocycles. The molecule has 96 valence electrons. The van der Waals surface area contributed by atoms with Crippen molar-refractivity contribution in [1.82, 2.24) is 15.3 Å². The number of ether oxygens (including phenoxy) is 1. The lowest BCUT2D eigenvalue weighted by molar-refractivity contribution is 0.0258. The van der Waals surface area contributed by atoms with E-state index in [1.165, 1.54) is 0 Å². The molecule has 2 aromatic rings. The number of fused-ring (bicyclic) bond motifs is 1. The molecule has 1 aromatic heterocycles. The fraction of sp³-hybridized carbons (Fsp3) is 0.462. The number of hydrogen-bond donors (Lipinski definition) is 3.